The number of carbonyl (C=O) groups excluding carboxylic acids is 2. The van der Waals surface area contributed by atoms with Crippen molar-refractivity contribution < 1.29 is 19.1 Å². The van der Waals surface area contributed by atoms with E-state index in [4.69, 9.17) is 9.47 Å². The van der Waals surface area contributed by atoms with Crippen molar-refractivity contribution in [1.29, 1.82) is 0 Å². The second-order valence-corrected chi connectivity index (χ2v) is 19.1. The van der Waals surface area contributed by atoms with Gasteiger partial charge in [-0.15, -0.1) is 0 Å². The predicted molar refractivity (Wildman–Crippen MR) is 278 cm³/mol. The maximum Gasteiger partial charge on any atom is 0.328 e. The Morgan fingerprint density at radius 3 is 1.61 bits per heavy atom. The lowest BCUT2D eigenvalue weighted by molar-refractivity contribution is -0.139. The number of imidazole rings is 1. The zero-order valence-electron chi connectivity index (χ0n) is 43.2. The van der Waals surface area contributed by atoms with Crippen molar-refractivity contribution in [2.24, 2.45) is 0 Å². The largest absolute Gasteiger partial charge is 0.469 e. The monoisotopic (exact) mass is 934 g/mol. The van der Waals surface area contributed by atoms with Crippen LogP contribution in [0.4, 0.5) is 5.82 Å². The van der Waals surface area contributed by atoms with E-state index in [1.165, 1.54) is 173 Å². The van der Waals surface area contributed by atoms with Crippen LogP contribution < -0.4 is 15.7 Å². The Bertz CT molecular complexity index is 1780. The Balaban J connectivity index is 1.58. The Hall–Kier alpha value is -3.77. The summed E-state index contributed by atoms with van der Waals surface area (Å²) in [5.41, 5.74) is 1.94. The molecule has 380 valence electrons. The average Bonchev–Trinajstić information content (AvgIpc) is 3.63. The first-order valence-electron chi connectivity index (χ1n) is 27.3. The Morgan fingerprint density at radius 2 is 1.09 bits per heavy atom. The van der Waals surface area contributed by atoms with Gasteiger partial charge in [-0.25, -0.2) is 4.79 Å². The predicted octanol–water partition coefficient (Wildman–Crippen LogP) is 12.8. The number of H-pyrrole nitrogens is 1. The third-order valence-corrected chi connectivity index (χ3v) is 13.1. The summed E-state index contributed by atoms with van der Waals surface area (Å²) in [4.78, 5) is 56.3. The second kappa shape index (κ2) is 37.2. The molecule has 0 spiro atoms. The number of aromatic nitrogens is 4. The van der Waals surface area contributed by atoms with Crippen LogP contribution in [0.25, 0.3) is 11.2 Å². The zero-order valence-corrected chi connectivity index (χ0v) is 43.2. The summed E-state index contributed by atoms with van der Waals surface area (Å²) in [6, 6.07) is 7.60. The van der Waals surface area contributed by atoms with Gasteiger partial charge in [0.05, 0.1) is 26.7 Å². The number of benzene rings is 1. The number of esters is 1. The maximum absolute atomic E-state index is 13.5. The Kier molecular flexibility index (Phi) is 31.9. The number of methoxy groups -OCH3 is 1. The van der Waals surface area contributed by atoms with E-state index in [9.17, 15) is 14.4 Å². The third-order valence-electron chi connectivity index (χ3n) is 13.1. The van der Waals surface area contributed by atoms with Crippen molar-refractivity contribution >= 4 is 28.9 Å². The molecule has 0 unspecified atom stereocenters. The molecule has 1 aromatic carbocycles. The van der Waals surface area contributed by atoms with E-state index in [-0.39, 0.29) is 42.4 Å². The number of unbranched alkanes of at least 4 members (excludes halogenated alkanes) is 21. The summed E-state index contributed by atoms with van der Waals surface area (Å²) >= 11 is 0. The number of aromatic amines is 1. The van der Waals surface area contributed by atoms with Crippen LogP contribution in [0.15, 0.2) is 29.1 Å². The van der Waals surface area contributed by atoms with E-state index < -0.39 is 0 Å². The summed E-state index contributed by atoms with van der Waals surface area (Å²) in [5, 5.41) is 2.99. The van der Waals surface area contributed by atoms with Gasteiger partial charge < -0.3 is 29.6 Å². The first kappa shape index (κ1) is 57.5. The molecule has 0 aliphatic heterocycles. The minimum absolute atomic E-state index is 0.114. The van der Waals surface area contributed by atoms with Crippen LogP contribution in [0.3, 0.4) is 0 Å². The molecule has 2 aromatic heterocycles. The standard InChI is InChI=1S/C55H95N7O5/c1-6-10-14-17-20-23-28-37-60(38-29-24-21-18-15-11-7-2)41-33-42-61(39-30-25-22-19-16-12-8-3)40-31-26-27-36-49(63)56-52-51-53(59-54(58-52)67-43-13-9-4)62(55(65)57-51)46-48-35-32-34-47(44-48)45-50(64)66-5/h32,34-35,44H,6-31,33,36-43,45-46H2,1-5H3,(H,57,65)(H,56,58,59,63). The molecule has 0 saturated carbocycles. The maximum atomic E-state index is 13.5. The van der Waals surface area contributed by atoms with Gasteiger partial charge in [0.15, 0.2) is 11.5 Å². The van der Waals surface area contributed by atoms with Crippen LogP contribution in [0.2, 0.25) is 0 Å². The number of anilines is 1. The van der Waals surface area contributed by atoms with Crippen molar-refractivity contribution in [2.45, 2.75) is 220 Å². The van der Waals surface area contributed by atoms with Gasteiger partial charge >= 0.3 is 17.7 Å². The van der Waals surface area contributed by atoms with Crippen molar-refractivity contribution in [3.8, 4) is 6.01 Å². The molecule has 2 heterocycles. The molecule has 67 heavy (non-hydrogen) atoms. The first-order valence-corrected chi connectivity index (χ1v) is 27.3. The van der Waals surface area contributed by atoms with Crippen molar-refractivity contribution in [2.75, 3.05) is 58.3 Å². The fraction of sp³-hybridized carbons (Fsp3) is 0.764. The third kappa shape index (κ3) is 25.4. The molecule has 1 amide bonds. The van der Waals surface area contributed by atoms with E-state index in [1.807, 2.05) is 24.3 Å². The topological polar surface area (TPSA) is 135 Å². The smallest absolute Gasteiger partial charge is 0.328 e. The van der Waals surface area contributed by atoms with E-state index in [1.54, 1.807) is 0 Å². The number of amides is 1. The number of nitrogens with one attached hydrogen (secondary N) is 2. The summed E-state index contributed by atoms with van der Waals surface area (Å²) in [5.74, 6) is -0.240. The van der Waals surface area contributed by atoms with Crippen molar-refractivity contribution in [1.82, 2.24) is 29.3 Å². The number of carbonyl (C=O) groups is 2. The molecule has 0 saturated heterocycles. The highest BCUT2D eigenvalue weighted by Gasteiger charge is 2.19. The first-order chi connectivity index (χ1) is 32.8. The lowest BCUT2D eigenvalue weighted by atomic mass is 10.1. The lowest BCUT2D eigenvalue weighted by Gasteiger charge is -2.26. The molecular formula is C55H95N7O5. The number of hydrogen-bond acceptors (Lipinski definition) is 9. The van der Waals surface area contributed by atoms with E-state index in [0.29, 0.717) is 24.2 Å². The van der Waals surface area contributed by atoms with Crippen LogP contribution in [0, 0.1) is 0 Å². The highest BCUT2D eigenvalue weighted by Crippen LogP contribution is 2.23. The molecule has 0 fully saturated rings. The van der Waals surface area contributed by atoms with Gasteiger partial charge in [0.1, 0.15) is 5.52 Å². The van der Waals surface area contributed by atoms with Gasteiger partial charge in [-0.3, -0.25) is 14.2 Å². The molecular weight excluding hydrogens is 839 g/mol. The van der Waals surface area contributed by atoms with Crippen LogP contribution in [-0.2, 0) is 27.3 Å². The molecule has 0 atom stereocenters. The molecule has 0 aliphatic carbocycles. The minimum Gasteiger partial charge on any atom is -0.469 e. The van der Waals surface area contributed by atoms with Crippen molar-refractivity contribution in [3.63, 3.8) is 0 Å². The summed E-state index contributed by atoms with van der Waals surface area (Å²) < 4.78 is 12.3. The van der Waals surface area contributed by atoms with Crippen LogP contribution in [0.5, 0.6) is 6.01 Å². The van der Waals surface area contributed by atoms with Crippen LogP contribution in [-0.4, -0.2) is 94.2 Å². The highest BCUT2D eigenvalue weighted by atomic mass is 16.5. The van der Waals surface area contributed by atoms with Gasteiger partial charge in [0.25, 0.3) is 0 Å². The molecule has 0 aliphatic rings. The lowest BCUT2D eigenvalue weighted by Crippen LogP contribution is -2.32. The number of rotatable bonds is 43. The number of hydrogen-bond donors (Lipinski definition) is 2. The fourth-order valence-corrected chi connectivity index (χ4v) is 8.94. The van der Waals surface area contributed by atoms with E-state index >= 15 is 0 Å². The number of ether oxygens (including phenoxy) is 2. The van der Waals surface area contributed by atoms with E-state index in [0.717, 1.165) is 62.9 Å². The molecule has 2 N–H and O–H groups in total. The molecule has 0 radical (unpaired) electrons. The Morgan fingerprint density at radius 1 is 0.612 bits per heavy atom. The molecule has 3 rings (SSSR count). The number of nitrogens with zero attached hydrogens (tertiary/aromatic N) is 5. The molecule has 12 heteroatoms. The van der Waals surface area contributed by atoms with E-state index in [2.05, 4.69) is 57.8 Å². The molecule has 12 nitrogen and oxygen atoms in total. The average molecular weight is 934 g/mol. The molecule has 0 bridgehead atoms. The van der Waals surface area contributed by atoms with Gasteiger partial charge in [-0.05, 0) is 95.3 Å². The summed E-state index contributed by atoms with van der Waals surface area (Å²) in [6.07, 6.45) is 34.6. The van der Waals surface area contributed by atoms with Gasteiger partial charge in [-0.2, -0.15) is 9.97 Å². The molecule has 3 aromatic rings. The fourth-order valence-electron chi connectivity index (χ4n) is 8.94. The SMILES string of the molecule is CCCCCCCCCN(CCCCCCCCC)CCCN(CCCCCCCCC)CCCCCC(=O)Nc1nc(OCCCC)nc2c1[nH]c(=O)n2Cc1cccc(CC(=O)OC)c1. The normalized spacial score (nSPS) is 11.6. The van der Waals surface area contributed by atoms with Crippen molar-refractivity contribution in [3.05, 3.63) is 45.9 Å². The van der Waals surface area contributed by atoms with Gasteiger partial charge in [0, 0.05) is 6.42 Å². The van der Waals surface area contributed by atoms with Gasteiger partial charge in [0.2, 0.25) is 5.91 Å². The second-order valence-electron chi connectivity index (χ2n) is 19.1. The highest BCUT2D eigenvalue weighted by molar-refractivity contribution is 5.97. The van der Waals surface area contributed by atoms with Crippen LogP contribution >= 0.6 is 0 Å². The van der Waals surface area contributed by atoms with Gasteiger partial charge in [-0.1, -0.05) is 180 Å². The minimum atomic E-state index is -0.376. The Labute approximate surface area is 406 Å². The quantitative estimate of drug-likeness (QED) is 0.0420. The zero-order chi connectivity index (χ0) is 48.2. The summed E-state index contributed by atoms with van der Waals surface area (Å²) in [7, 11) is 1.37. The summed E-state index contributed by atoms with van der Waals surface area (Å²) in [6.45, 7) is 16.6. The van der Waals surface area contributed by atoms with Crippen LogP contribution in [0.1, 0.15) is 219 Å². The number of fused-ring (bicyclic) bond motifs is 1.